The van der Waals surface area contributed by atoms with Gasteiger partial charge in [0.05, 0.1) is 18.2 Å². The zero-order chi connectivity index (χ0) is 13.1. The number of hydrogen-bond donors (Lipinski definition) is 0. The fourth-order valence-electron chi connectivity index (χ4n) is 1.12. The minimum Gasteiger partial charge on any atom is -0.465 e. The van der Waals surface area contributed by atoms with E-state index in [2.05, 4.69) is 9.72 Å². The molecule has 0 saturated heterocycles. The van der Waals surface area contributed by atoms with Gasteiger partial charge in [0.1, 0.15) is 5.60 Å². The average Bonchev–Trinajstić information content (AvgIpc) is 2.26. The van der Waals surface area contributed by atoms with Gasteiger partial charge in [0.15, 0.2) is 0 Å². The van der Waals surface area contributed by atoms with Crippen LogP contribution in [0.15, 0.2) is 18.5 Å². The monoisotopic (exact) mass is 237 g/mol. The Morgan fingerprint density at radius 2 is 1.65 bits per heavy atom. The molecule has 5 heteroatoms. The van der Waals surface area contributed by atoms with E-state index in [1.165, 1.54) is 25.6 Å². The van der Waals surface area contributed by atoms with Crippen LogP contribution in [0.2, 0.25) is 0 Å². The van der Waals surface area contributed by atoms with Gasteiger partial charge >= 0.3 is 11.9 Å². The van der Waals surface area contributed by atoms with Crippen molar-refractivity contribution >= 4 is 11.9 Å². The van der Waals surface area contributed by atoms with Crippen molar-refractivity contribution in [2.24, 2.45) is 0 Å². The van der Waals surface area contributed by atoms with Gasteiger partial charge < -0.3 is 9.47 Å². The summed E-state index contributed by atoms with van der Waals surface area (Å²) in [7, 11) is 1.27. The third-order valence-electron chi connectivity index (χ3n) is 1.79. The maximum atomic E-state index is 11.7. The molecule has 0 radical (unpaired) electrons. The van der Waals surface area contributed by atoms with Gasteiger partial charge in [-0.25, -0.2) is 9.59 Å². The number of pyridine rings is 1. The highest BCUT2D eigenvalue weighted by Crippen LogP contribution is 2.12. The first-order valence-corrected chi connectivity index (χ1v) is 5.10. The van der Waals surface area contributed by atoms with Crippen LogP contribution in [0, 0.1) is 0 Å². The fourth-order valence-corrected chi connectivity index (χ4v) is 1.12. The van der Waals surface area contributed by atoms with Crippen LogP contribution >= 0.6 is 0 Å². The number of aromatic nitrogens is 1. The van der Waals surface area contributed by atoms with Crippen LogP contribution in [0.5, 0.6) is 0 Å². The van der Waals surface area contributed by atoms with Crippen molar-refractivity contribution in [2.45, 2.75) is 26.4 Å². The van der Waals surface area contributed by atoms with Gasteiger partial charge in [-0.15, -0.1) is 0 Å². The molecule has 0 fully saturated rings. The molecule has 0 bridgehead atoms. The Bertz CT molecular complexity index is 434. The Morgan fingerprint density at radius 1 is 1.12 bits per heavy atom. The normalized spacial score (nSPS) is 10.8. The molecule has 5 nitrogen and oxygen atoms in total. The number of hydrogen-bond acceptors (Lipinski definition) is 5. The fraction of sp³-hybridized carbons (Fsp3) is 0.417. The SMILES string of the molecule is COC(=O)c1cncc(C(=O)OC(C)(C)C)c1. The molecule has 0 amide bonds. The second-order valence-electron chi connectivity index (χ2n) is 4.46. The number of methoxy groups -OCH3 is 1. The second-order valence-corrected chi connectivity index (χ2v) is 4.46. The van der Waals surface area contributed by atoms with E-state index in [0.29, 0.717) is 0 Å². The van der Waals surface area contributed by atoms with Crippen molar-refractivity contribution < 1.29 is 19.1 Å². The maximum Gasteiger partial charge on any atom is 0.340 e. The Kier molecular flexibility index (Phi) is 3.83. The molecule has 1 heterocycles. The second kappa shape index (κ2) is 4.95. The molecule has 0 aliphatic rings. The molecule has 0 N–H and O–H groups in total. The van der Waals surface area contributed by atoms with E-state index in [1.807, 2.05) is 0 Å². The molecule has 1 aromatic heterocycles. The van der Waals surface area contributed by atoms with E-state index in [-0.39, 0.29) is 11.1 Å². The third kappa shape index (κ3) is 3.86. The van der Waals surface area contributed by atoms with Crippen LogP contribution in [-0.4, -0.2) is 29.6 Å². The highest BCUT2D eigenvalue weighted by molar-refractivity contribution is 5.94. The maximum absolute atomic E-state index is 11.7. The van der Waals surface area contributed by atoms with Gasteiger partial charge in [-0.2, -0.15) is 0 Å². The molecule has 1 aromatic rings. The van der Waals surface area contributed by atoms with Crippen LogP contribution in [0.1, 0.15) is 41.5 Å². The molecule has 0 saturated carbocycles. The molecule has 0 aliphatic carbocycles. The molecular formula is C12H15NO4. The molecular weight excluding hydrogens is 222 g/mol. The van der Waals surface area contributed by atoms with Crippen LogP contribution in [0.25, 0.3) is 0 Å². The standard InChI is InChI=1S/C12H15NO4/c1-12(2,3)17-11(15)9-5-8(6-13-7-9)10(14)16-4/h5-7H,1-4H3. The highest BCUT2D eigenvalue weighted by Gasteiger charge is 2.19. The van der Waals surface area contributed by atoms with Gasteiger partial charge in [0, 0.05) is 12.4 Å². The number of carbonyl (C=O) groups excluding carboxylic acids is 2. The lowest BCUT2D eigenvalue weighted by Gasteiger charge is -2.19. The zero-order valence-corrected chi connectivity index (χ0v) is 10.3. The van der Waals surface area contributed by atoms with Crippen molar-refractivity contribution in [3.05, 3.63) is 29.6 Å². The highest BCUT2D eigenvalue weighted by atomic mass is 16.6. The first-order valence-electron chi connectivity index (χ1n) is 5.10. The lowest BCUT2D eigenvalue weighted by Crippen LogP contribution is -2.24. The number of nitrogens with zero attached hydrogens (tertiary/aromatic N) is 1. The molecule has 92 valence electrons. The summed E-state index contributed by atoms with van der Waals surface area (Å²) in [6.07, 6.45) is 2.68. The zero-order valence-electron chi connectivity index (χ0n) is 10.3. The largest absolute Gasteiger partial charge is 0.465 e. The number of rotatable bonds is 2. The van der Waals surface area contributed by atoms with Gasteiger partial charge in [-0.05, 0) is 26.8 Å². The van der Waals surface area contributed by atoms with E-state index in [1.54, 1.807) is 20.8 Å². The topological polar surface area (TPSA) is 65.5 Å². The smallest absolute Gasteiger partial charge is 0.340 e. The Hall–Kier alpha value is -1.91. The summed E-state index contributed by atoms with van der Waals surface area (Å²) in [6.45, 7) is 5.30. The summed E-state index contributed by atoms with van der Waals surface area (Å²) >= 11 is 0. The Morgan fingerprint density at radius 3 is 2.12 bits per heavy atom. The molecule has 0 unspecified atom stereocenters. The third-order valence-corrected chi connectivity index (χ3v) is 1.79. The number of carbonyl (C=O) groups is 2. The molecule has 0 atom stereocenters. The van der Waals surface area contributed by atoms with Gasteiger partial charge in [0.2, 0.25) is 0 Å². The van der Waals surface area contributed by atoms with Crippen molar-refractivity contribution in [1.82, 2.24) is 4.98 Å². The predicted molar refractivity (Wildman–Crippen MR) is 60.7 cm³/mol. The lowest BCUT2D eigenvalue weighted by atomic mass is 10.1. The molecule has 0 spiro atoms. The van der Waals surface area contributed by atoms with Crippen LogP contribution in [0.3, 0.4) is 0 Å². The van der Waals surface area contributed by atoms with E-state index >= 15 is 0 Å². The quantitative estimate of drug-likeness (QED) is 0.734. The minimum atomic E-state index is -0.585. The molecule has 1 rings (SSSR count). The van der Waals surface area contributed by atoms with E-state index in [9.17, 15) is 9.59 Å². The summed E-state index contributed by atoms with van der Waals surface area (Å²) in [5, 5.41) is 0. The van der Waals surface area contributed by atoms with Crippen LogP contribution < -0.4 is 0 Å². The molecule has 0 aromatic carbocycles. The summed E-state index contributed by atoms with van der Waals surface area (Å²) in [5.41, 5.74) is -0.142. The van der Waals surface area contributed by atoms with Crippen molar-refractivity contribution in [1.29, 1.82) is 0 Å². The molecule has 0 aliphatic heterocycles. The average molecular weight is 237 g/mol. The molecule has 17 heavy (non-hydrogen) atoms. The first-order chi connectivity index (χ1) is 7.83. The van der Waals surface area contributed by atoms with Crippen LogP contribution in [0.4, 0.5) is 0 Å². The van der Waals surface area contributed by atoms with E-state index in [0.717, 1.165) is 0 Å². The summed E-state index contributed by atoms with van der Waals surface area (Å²) in [4.78, 5) is 26.8. The van der Waals surface area contributed by atoms with E-state index < -0.39 is 17.5 Å². The van der Waals surface area contributed by atoms with Gasteiger partial charge in [0.25, 0.3) is 0 Å². The number of esters is 2. The van der Waals surface area contributed by atoms with Gasteiger partial charge in [-0.1, -0.05) is 0 Å². The number of ether oxygens (including phenoxy) is 2. The van der Waals surface area contributed by atoms with Crippen molar-refractivity contribution in [2.75, 3.05) is 7.11 Å². The Labute approximate surface area is 99.8 Å². The van der Waals surface area contributed by atoms with Crippen LogP contribution in [-0.2, 0) is 9.47 Å². The summed E-state index contributed by atoms with van der Waals surface area (Å²) in [5.74, 6) is -1.06. The lowest BCUT2D eigenvalue weighted by molar-refractivity contribution is 0.00691. The summed E-state index contributed by atoms with van der Waals surface area (Å²) in [6, 6.07) is 1.40. The first kappa shape index (κ1) is 13.2. The Balaban J connectivity index is 2.92. The predicted octanol–water partition coefficient (Wildman–Crippen LogP) is 1.82. The summed E-state index contributed by atoms with van der Waals surface area (Å²) < 4.78 is 9.70. The minimum absolute atomic E-state index is 0.218. The van der Waals surface area contributed by atoms with Gasteiger partial charge in [-0.3, -0.25) is 4.98 Å². The van der Waals surface area contributed by atoms with E-state index in [4.69, 9.17) is 4.74 Å². The van der Waals surface area contributed by atoms with Crippen molar-refractivity contribution in [3.63, 3.8) is 0 Å². The van der Waals surface area contributed by atoms with Crippen molar-refractivity contribution in [3.8, 4) is 0 Å².